The Morgan fingerprint density at radius 3 is 2.50 bits per heavy atom. The minimum Gasteiger partial charge on any atom is -0.192 e. The van der Waals surface area contributed by atoms with Gasteiger partial charge in [-0.15, -0.1) is 0 Å². The van der Waals surface area contributed by atoms with Gasteiger partial charge in [-0.05, 0) is 30.5 Å². The van der Waals surface area contributed by atoms with Gasteiger partial charge in [-0.1, -0.05) is 31.2 Å². The van der Waals surface area contributed by atoms with Gasteiger partial charge in [-0.2, -0.15) is 5.26 Å². The number of hydrogen-bond acceptors (Lipinski definition) is 1. The van der Waals surface area contributed by atoms with Crippen LogP contribution in [0.4, 0.5) is 0 Å². The van der Waals surface area contributed by atoms with Crippen molar-refractivity contribution in [1.29, 1.82) is 5.26 Å². The Morgan fingerprint density at radius 2 is 2.00 bits per heavy atom. The molecule has 1 aliphatic carbocycles. The lowest BCUT2D eigenvalue weighted by Gasteiger charge is -2.22. The molecule has 0 aliphatic heterocycles. The summed E-state index contributed by atoms with van der Waals surface area (Å²) in [4.78, 5) is 0. The molecule has 2 rings (SSSR count). The highest BCUT2D eigenvalue weighted by Crippen LogP contribution is 2.35. The monoisotopic (exact) mass is 183 g/mol. The third kappa shape index (κ3) is 1.44. The first kappa shape index (κ1) is 9.02. The number of nitriles is 1. The Balaban J connectivity index is 2.34. The van der Waals surface area contributed by atoms with Crippen molar-refractivity contribution in [3.05, 3.63) is 47.5 Å². The van der Waals surface area contributed by atoms with Crippen LogP contribution in [-0.4, -0.2) is 0 Å². The predicted molar refractivity (Wildman–Crippen MR) is 56.9 cm³/mol. The van der Waals surface area contributed by atoms with Crippen molar-refractivity contribution in [3.8, 4) is 6.07 Å². The third-order valence-corrected chi connectivity index (χ3v) is 2.99. The number of benzene rings is 1. The lowest BCUT2D eigenvalue weighted by atomic mass is 9.82. The average molecular weight is 183 g/mol. The van der Waals surface area contributed by atoms with Crippen LogP contribution in [0.15, 0.2) is 36.4 Å². The van der Waals surface area contributed by atoms with E-state index in [1.165, 1.54) is 12.0 Å². The van der Waals surface area contributed by atoms with Crippen molar-refractivity contribution >= 4 is 0 Å². The van der Waals surface area contributed by atoms with Crippen LogP contribution >= 0.6 is 0 Å². The maximum atomic E-state index is 8.69. The largest absolute Gasteiger partial charge is 0.192 e. The predicted octanol–water partition coefficient (Wildman–Crippen LogP) is 3.17. The van der Waals surface area contributed by atoms with Crippen LogP contribution in [0.1, 0.15) is 30.9 Å². The second-order valence-corrected chi connectivity index (χ2v) is 4.05. The second kappa shape index (κ2) is 3.31. The van der Waals surface area contributed by atoms with Gasteiger partial charge < -0.3 is 0 Å². The minimum absolute atomic E-state index is 0.188. The van der Waals surface area contributed by atoms with Gasteiger partial charge in [0.25, 0.3) is 0 Å². The van der Waals surface area contributed by atoms with Gasteiger partial charge in [0.15, 0.2) is 0 Å². The van der Waals surface area contributed by atoms with Crippen molar-refractivity contribution in [2.45, 2.75) is 25.2 Å². The fraction of sp³-hybridized carbons (Fsp3) is 0.308. The fourth-order valence-electron chi connectivity index (χ4n) is 1.98. The molecule has 1 nitrogen and oxygen atoms in total. The van der Waals surface area contributed by atoms with E-state index in [-0.39, 0.29) is 5.41 Å². The summed E-state index contributed by atoms with van der Waals surface area (Å²) in [6, 6.07) is 10.1. The van der Waals surface area contributed by atoms with Gasteiger partial charge in [0.1, 0.15) is 0 Å². The van der Waals surface area contributed by atoms with Crippen LogP contribution in [0.5, 0.6) is 0 Å². The smallest absolute Gasteiger partial charge is 0.0991 e. The average Bonchev–Trinajstić information content (AvgIpc) is 2.67. The molecule has 0 spiro atoms. The summed E-state index contributed by atoms with van der Waals surface area (Å²) in [6.07, 6.45) is 6.85. The van der Waals surface area contributed by atoms with E-state index in [0.717, 1.165) is 12.0 Å². The number of rotatable bonds is 1. The number of allylic oxidation sites excluding steroid dienone is 2. The van der Waals surface area contributed by atoms with Gasteiger partial charge in [0.05, 0.1) is 11.6 Å². The Bertz CT molecular complexity index is 394. The van der Waals surface area contributed by atoms with Crippen LogP contribution in [0.2, 0.25) is 0 Å². The van der Waals surface area contributed by atoms with Gasteiger partial charge in [0.2, 0.25) is 0 Å². The molecule has 0 bridgehead atoms. The van der Waals surface area contributed by atoms with E-state index < -0.39 is 0 Å². The first-order valence-electron chi connectivity index (χ1n) is 4.93. The molecule has 0 amide bonds. The Kier molecular flexibility index (Phi) is 2.13. The fourth-order valence-corrected chi connectivity index (χ4v) is 1.98. The summed E-state index contributed by atoms with van der Waals surface area (Å²) >= 11 is 0. The Labute approximate surface area is 84.7 Å². The van der Waals surface area contributed by atoms with Gasteiger partial charge in [0, 0.05) is 5.41 Å². The van der Waals surface area contributed by atoms with Crippen molar-refractivity contribution in [2.24, 2.45) is 0 Å². The Morgan fingerprint density at radius 1 is 1.29 bits per heavy atom. The standard InChI is InChI=1S/C13H13N/c1-13(8-2-3-9-13)12-6-4-11(10-14)5-7-12/h2,4-8H,3,9H2,1H3/t13-/m0/s1. The molecule has 0 saturated carbocycles. The molecule has 0 radical (unpaired) electrons. The molecule has 14 heavy (non-hydrogen) atoms. The van der Waals surface area contributed by atoms with E-state index in [9.17, 15) is 0 Å². The lowest BCUT2D eigenvalue weighted by molar-refractivity contribution is 0.579. The van der Waals surface area contributed by atoms with Crippen LogP contribution in [0, 0.1) is 11.3 Å². The summed E-state index contributed by atoms with van der Waals surface area (Å²) in [5.41, 5.74) is 2.23. The molecule has 1 heteroatoms. The minimum atomic E-state index is 0.188. The molecule has 0 aromatic heterocycles. The third-order valence-electron chi connectivity index (χ3n) is 2.99. The summed E-state index contributed by atoms with van der Waals surface area (Å²) < 4.78 is 0. The first-order chi connectivity index (χ1) is 6.74. The highest BCUT2D eigenvalue weighted by Gasteiger charge is 2.25. The number of nitrogens with zero attached hydrogens (tertiary/aromatic N) is 1. The summed E-state index contributed by atoms with van der Waals surface area (Å²) in [6.45, 7) is 2.25. The lowest BCUT2D eigenvalue weighted by Crippen LogP contribution is -2.15. The van der Waals surface area contributed by atoms with Crippen LogP contribution in [0.3, 0.4) is 0 Å². The molecule has 1 aromatic carbocycles. The van der Waals surface area contributed by atoms with Gasteiger partial charge in [-0.25, -0.2) is 0 Å². The molecule has 0 unspecified atom stereocenters. The highest BCUT2D eigenvalue weighted by molar-refractivity contribution is 5.38. The zero-order chi connectivity index (χ0) is 10.0. The molecule has 1 atom stereocenters. The maximum absolute atomic E-state index is 8.69. The summed E-state index contributed by atoms with van der Waals surface area (Å²) in [5, 5.41) is 8.69. The number of hydrogen-bond donors (Lipinski definition) is 0. The van der Waals surface area contributed by atoms with E-state index in [1.54, 1.807) is 0 Å². The first-order valence-corrected chi connectivity index (χ1v) is 4.93. The van der Waals surface area contributed by atoms with Crippen LogP contribution < -0.4 is 0 Å². The van der Waals surface area contributed by atoms with Crippen molar-refractivity contribution < 1.29 is 0 Å². The van der Waals surface area contributed by atoms with Crippen molar-refractivity contribution in [1.82, 2.24) is 0 Å². The zero-order valence-electron chi connectivity index (χ0n) is 8.33. The van der Waals surface area contributed by atoms with E-state index in [2.05, 4.69) is 37.3 Å². The van der Waals surface area contributed by atoms with E-state index in [4.69, 9.17) is 5.26 Å². The molecule has 70 valence electrons. The molecule has 1 aliphatic rings. The maximum Gasteiger partial charge on any atom is 0.0991 e. The highest BCUT2D eigenvalue weighted by atomic mass is 14.3. The molecular formula is C13H13N. The van der Waals surface area contributed by atoms with Crippen molar-refractivity contribution in [3.63, 3.8) is 0 Å². The summed E-state index contributed by atoms with van der Waals surface area (Å²) in [5.74, 6) is 0. The molecule has 0 saturated heterocycles. The molecule has 0 fully saturated rings. The SMILES string of the molecule is C[C@]1(c2ccc(C#N)cc2)C=CCC1. The van der Waals surface area contributed by atoms with E-state index in [0.29, 0.717) is 0 Å². The van der Waals surface area contributed by atoms with Gasteiger partial charge >= 0.3 is 0 Å². The Hall–Kier alpha value is -1.55. The van der Waals surface area contributed by atoms with E-state index >= 15 is 0 Å². The quantitative estimate of drug-likeness (QED) is 0.613. The zero-order valence-corrected chi connectivity index (χ0v) is 8.33. The van der Waals surface area contributed by atoms with E-state index in [1.807, 2.05) is 12.1 Å². The topological polar surface area (TPSA) is 23.8 Å². The van der Waals surface area contributed by atoms with Gasteiger partial charge in [-0.3, -0.25) is 0 Å². The van der Waals surface area contributed by atoms with Crippen LogP contribution in [-0.2, 0) is 5.41 Å². The normalized spacial score (nSPS) is 24.9. The molecular weight excluding hydrogens is 170 g/mol. The molecule has 1 aromatic rings. The second-order valence-electron chi connectivity index (χ2n) is 4.05. The molecule has 0 heterocycles. The summed E-state index contributed by atoms with van der Waals surface area (Å²) in [7, 11) is 0. The van der Waals surface area contributed by atoms with Crippen molar-refractivity contribution in [2.75, 3.05) is 0 Å². The van der Waals surface area contributed by atoms with Crippen LogP contribution in [0.25, 0.3) is 0 Å². The molecule has 0 N–H and O–H groups in total.